The molecule has 0 aliphatic rings. The SMILES string of the molecule is COc1cc(C(=O)NCC(=O)N/N=C(\C)c2ccc(O)cc2)cc(OC)c1OC. The molecule has 0 bridgehead atoms. The number of aromatic hydroxyl groups is 1. The predicted molar refractivity (Wildman–Crippen MR) is 107 cm³/mol. The summed E-state index contributed by atoms with van der Waals surface area (Å²) in [6, 6.07) is 9.37. The number of phenolic OH excluding ortho intramolecular Hbond substituents is 1. The molecule has 0 fully saturated rings. The monoisotopic (exact) mass is 401 g/mol. The zero-order valence-electron chi connectivity index (χ0n) is 16.6. The summed E-state index contributed by atoms with van der Waals surface area (Å²) in [5.41, 5.74) is 3.91. The maximum atomic E-state index is 12.4. The van der Waals surface area contributed by atoms with E-state index in [-0.39, 0.29) is 17.9 Å². The second-order valence-corrected chi connectivity index (χ2v) is 5.88. The van der Waals surface area contributed by atoms with Crippen LogP contribution in [0, 0.1) is 0 Å². The molecule has 2 amide bonds. The van der Waals surface area contributed by atoms with E-state index in [9.17, 15) is 14.7 Å². The van der Waals surface area contributed by atoms with Crippen molar-refractivity contribution in [1.29, 1.82) is 0 Å². The summed E-state index contributed by atoms with van der Waals surface area (Å²) in [4.78, 5) is 24.3. The van der Waals surface area contributed by atoms with Gasteiger partial charge in [-0.15, -0.1) is 0 Å². The van der Waals surface area contributed by atoms with Gasteiger partial charge in [0.25, 0.3) is 11.8 Å². The van der Waals surface area contributed by atoms with Crippen LogP contribution < -0.4 is 25.0 Å². The zero-order chi connectivity index (χ0) is 21.4. The molecule has 3 N–H and O–H groups in total. The second kappa shape index (κ2) is 9.98. The van der Waals surface area contributed by atoms with Gasteiger partial charge in [0, 0.05) is 5.56 Å². The Hall–Kier alpha value is -3.75. The maximum Gasteiger partial charge on any atom is 0.259 e. The number of nitrogens with zero attached hydrogens (tertiary/aromatic N) is 1. The van der Waals surface area contributed by atoms with Crippen LogP contribution in [0.5, 0.6) is 23.0 Å². The standard InChI is InChI=1S/C20H23N3O6/c1-12(13-5-7-15(24)8-6-13)22-23-18(25)11-21-20(26)14-9-16(27-2)19(29-4)17(10-14)28-3/h5-10,24H,11H2,1-4H3,(H,21,26)(H,23,25)/b22-12+. The van der Waals surface area contributed by atoms with Crippen LogP contribution in [0.3, 0.4) is 0 Å². The summed E-state index contributed by atoms with van der Waals surface area (Å²) in [5, 5.41) is 15.8. The largest absolute Gasteiger partial charge is 0.508 e. The van der Waals surface area contributed by atoms with Crippen LogP contribution in [0.25, 0.3) is 0 Å². The van der Waals surface area contributed by atoms with E-state index in [1.54, 1.807) is 19.1 Å². The summed E-state index contributed by atoms with van der Waals surface area (Å²) < 4.78 is 15.6. The molecule has 9 heteroatoms. The Morgan fingerprint density at radius 1 is 0.966 bits per heavy atom. The molecule has 0 spiro atoms. The number of ether oxygens (including phenoxy) is 3. The minimum absolute atomic E-state index is 0.139. The van der Waals surface area contributed by atoms with E-state index >= 15 is 0 Å². The van der Waals surface area contributed by atoms with Crippen LogP contribution in [0.15, 0.2) is 41.5 Å². The highest BCUT2D eigenvalue weighted by atomic mass is 16.5. The van der Waals surface area contributed by atoms with Crippen molar-refractivity contribution in [1.82, 2.24) is 10.7 Å². The van der Waals surface area contributed by atoms with Crippen LogP contribution in [0.2, 0.25) is 0 Å². The van der Waals surface area contributed by atoms with E-state index in [0.29, 0.717) is 23.0 Å². The average Bonchev–Trinajstić information content (AvgIpc) is 2.74. The topological polar surface area (TPSA) is 118 Å². The van der Waals surface area contributed by atoms with Crippen LogP contribution in [-0.4, -0.2) is 50.5 Å². The smallest absolute Gasteiger partial charge is 0.259 e. The fourth-order valence-electron chi connectivity index (χ4n) is 2.43. The van der Waals surface area contributed by atoms with Gasteiger partial charge in [-0.2, -0.15) is 5.10 Å². The molecular formula is C20H23N3O6. The lowest BCUT2D eigenvalue weighted by Gasteiger charge is -2.14. The molecule has 0 radical (unpaired) electrons. The van der Waals surface area contributed by atoms with Gasteiger partial charge in [-0.25, -0.2) is 5.43 Å². The van der Waals surface area contributed by atoms with E-state index in [0.717, 1.165) is 5.56 Å². The van der Waals surface area contributed by atoms with Crippen molar-refractivity contribution in [2.75, 3.05) is 27.9 Å². The summed E-state index contributed by atoms with van der Waals surface area (Å²) in [6.07, 6.45) is 0. The van der Waals surface area contributed by atoms with Crippen molar-refractivity contribution in [2.24, 2.45) is 5.10 Å². The maximum absolute atomic E-state index is 12.4. The number of hydrogen-bond donors (Lipinski definition) is 3. The first kappa shape index (κ1) is 21.5. The number of nitrogens with one attached hydrogen (secondary N) is 2. The third-order valence-corrected chi connectivity index (χ3v) is 3.97. The van der Waals surface area contributed by atoms with Crippen molar-refractivity contribution in [3.05, 3.63) is 47.5 Å². The number of amides is 2. The van der Waals surface area contributed by atoms with Gasteiger partial charge in [0.15, 0.2) is 11.5 Å². The van der Waals surface area contributed by atoms with E-state index in [4.69, 9.17) is 14.2 Å². The summed E-state index contributed by atoms with van der Waals surface area (Å²) in [5.74, 6) is 0.178. The first-order valence-electron chi connectivity index (χ1n) is 8.60. The Bertz CT molecular complexity index is 884. The van der Waals surface area contributed by atoms with Crippen LogP contribution in [0.1, 0.15) is 22.8 Å². The van der Waals surface area contributed by atoms with Crippen LogP contribution in [0.4, 0.5) is 0 Å². The van der Waals surface area contributed by atoms with E-state index in [1.807, 2.05) is 0 Å². The minimum atomic E-state index is -0.496. The Labute approximate surface area is 168 Å². The fraction of sp³-hybridized carbons (Fsp3) is 0.250. The van der Waals surface area contributed by atoms with E-state index in [1.165, 1.54) is 45.6 Å². The lowest BCUT2D eigenvalue weighted by atomic mass is 10.1. The molecular weight excluding hydrogens is 378 g/mol. The van der Waals surface area contributed by atoms with Crippen LogP contribution in [-0.2, 0) is 4.79 Å². The Morgan fingerprint density at radius 2 is 1.55 bits per heavy atom. The molecule has 0 aliphatic carbocycles. The molecule has 2 rings (SSSR count). The molecule has 0 saturated heterocycles. The highest BCUT2D eigenvalue weighted by molar-refractivity contribution is 6.00. The third-order valence-electron chi connectivity index (χ3n) is 3.97. The lowest BCUT2D eigenvalue weighted by molar-refractivity contribution is -0.120. The molecule has 0 aliphatic heterocycles. The number of carbonyl (C=O) groups excluding carboxylic acids is 2. The molecule has 0 heterocycles. The summed E-state index contributed by atoms with van der Waals surface area (Å²) >= 11 is 0. The molecule has 0 atom stereocenters. The van der Waals surface area contributed by atoms with Crippen molar-refractivity contribution in [2.45, 2.75) is 6.92 Å². The van der Waals surface area contributed by atoms with Gasteiger partial charge in [0.2, 0.25) is 5.75 Å². The number of benzene rings is 2. The minimum Gasteiger partial charge on any atom is -0.508 e. The van der Waals surface area contributed by atoms with Gasteiger partial charge in [-0.05, 0) is 48.9 Å². The lowest BCUT2D eigenvalue weighted by Crippen LogP contribution is -2.35. The van der Waals surface area contributed by atoms with Crippen molar-refractivity contribution < 1.29 is 28.9 Å². The molecule has 9 nitrogen and oxygen atoms in total. The Balaban J connectivity index is 1.98. The Morgan fingerprint density at radius 3 is 2.07 bits per heavy atom. The summed E-state index contributed by atoms with van der Waals surface area (Å²) in [6.45, 7) is 1.43. The Kier molecular flexibility index (Phi) is 7.41. The molecule has 2 aromatic rings. The van der Waals surface area contributed by atoms with Crippen molar-refractivity contribution >= 4 is 17.5 Å². The summed E-state index contributed by atoms with van der Waals surface area (Å²) in [7, 11) is 4.35. The number of methoxy groups -OCH3 is 3. The normalized spacial score (nSPS) is 10.8. The highest BCUT2D eigenvalue weighted by Gasteiger charge is 2.17. The van der Waals surface area contributed by atoms with Crippen LogP contribution >= 0.6 is 0 Å². The number of hydrazone groups is 1. The third kappa shape index (κ3) is 5.61. The van der Waals surface area contributed by atoms with Gasteiger partial charge in [-0.3, -0.25) is 9.59 Å². The quantitative estimate of drug-likeness (QED) is 0.458. The molecule has 154 valence electrons. The van der Waals surface area contributed by atoms with Gasteiger partial charge in [0.05, 0.1) is 33.6 Å². The molecule has 2 aromatic carbocycles. The first-order chi connectivity index (χ1) is 13.9. The number of hydrogen-bond acceptors (Lipinski definition) is 7. The van der Waals surface area contributed by atoms with Gasteiger partial charge < -0.3 is 24.6 Å². The van der Waals surface area contributed by atoms with Crippen molar-refractivity contribution in [3.8, 4) is 23.0 Å². The molecule has 0 aromatic heterocycles. The van der Waals surface area contributed by atoms with Crippen molar-refractivity contribution in [3.63, 3.8) is 0 Å². The molecule has 29 heavy (non-hydrogen) atoms. The predicted octanol–water partition coefficient (Wildman–Crippen LogP) is 1.69. The number of phenols is 1. The molecule has 0 unspecified atom stereocenters. The van der Waals surface area contributed by atoms with E-state index in [2.05, 4.69) is 15.8 Å². The average molecular weight is 401 g/mol. The van der Waals surface area contributed by atoms with Gasteiger partial charge >= 0.3 is 0 Å². The number of rotatable bonds is 8. The van der Waals surface area contributed by atoms with Gasteiger partial charge in [0.1, 0.15) is 5.75 Å². The number of carbonyl (C=O) groups is 2. The second-order valence-electron chi connectivity index (χ2n) is 5.88. The molecule has 0 saturated carbocycles. The van der Waals surface area contributed by atoms with Gasteiger partial charge in [-0.1, -0.05) is 0 Å². The highest BCUT2D eigenvalue weighted by Crippen LogP contribution is 2.38. The van der Waals surface area contributed by atoms with E-state index < -0.39 is 11.8 Å². The first-order valence-corrected chi connectivity index (χ1v) is 8.60. The zero-order valence-corrected chi connectivity index (χ0v) is 16.6. The fourth-order valence-corrected chi connectivity index (χ4v) is 2.43.